The summed E-state index contributed by atoms with van der Waals surface area (Å²) < 4.78 is 0. The first-order valence-electron chi connectivity index (χ1n) is 4.12. The molecule has 0 aliphatic heterocycles. The van der Waals surface area contributed by atoms with Gasteiger partial charge in [-0.1, -0.05) is 27.5 Å². The normalized spacial score (nSPS) is 10.2. The molecule has 76 valence electrons. The van der Waals surface area contributed by atoms with E-state index in [0.717, 1.165) is 5.56 Å². The SMILES string of the molecule is O=C(CCBr)c1ccc(Cl)cc1CCl. The zero-order chi connectivity index (χ0) is 10.6. The Morgan fingerprint density at radius 2 is 2.14 bits per heavy atom. The van der Waals surface area contributed by atoms with Crippen LogP contribution >= 0.6 is 39.1 Å². The lowest BCUT2D eigenvalue weighted by Gasteiger charge is -2.05. The first-order valence-corrected chi connectivity index (χ1v) is 6.16. The van der Waals surface area contributed by atoms with Gasteiger partial charge in [0.05, 0.1) is 0 Å². The van der Waals surface area contributed by atoms with Crippen molar-refractivity contribution in [3.05, 3.63) is 34.3 Å². The topological polar surface area (TPSA) is 17.1 Å². The third-order valence-corrected chi connectivity index (χ3v) is 2.75. The van der Waals surface area contributed by atoms with Crippen LogP contribution in [0.1, 0.15) is 22.3 Å². The molecular formula is C10H9BrCl2O. The number of carbonyl (C=O) groups excluding carboxylic acids is 1. The average Bonchev–Trinajstić information content (AvgIpc) is 2.17. The Bertz CT molecular complexity index is 339. The van der Waals surface area contributed by atoms with Crippen LogP contribution in [-0.4, -0.2) is 11.1 Å². The highest BCUT2D eigenvalue weighted by atomic mass is 79.9. The van der Waals surface area contributed by atoms with E-state index in [1.807, 2.05) is 0 Å². The van der Waals surface area contributed by atoms with Crippen molar-refractivity contribution in [1.29, 1.82) is 0 Å². The first kappa shape index (κ1) is 12.0. The van der Waals surface area contributed by atoms with E-state index in [2.05, 4.69) is 15.9 Å². The zero-order valence-electron chi connectivity index (χ0n) is 7.40. The van der Waals surface area contributed by atoms with Gasteiger partial charge in [0.1, 0.15) is 0 Å². The van der Waals surface area contributed by atoms with Crippen molar-refractivity contribution in [3.63, 3.8) is 0 Å². The summed E-state index contributed by atoms with van der Waals surface area (Å²) >= 11 is 14.8. The monoisotopic (exact) mass is 294 g/mol. The van der Waals surface area contributed by atoms with Crippen molar-refractivity contribution >= 4 is 44.9 Å². The van der Waals surface area contributed by atoms with Crippen molar-refractivity contribution in [2.45, 2.75) is 12.3 Å². The van der Waals surface area contributed by atoms with E-state index in [1.54, 1.807) is 18.2 Å². The van der Waals surface area contributed by atoms with Gasteiger partial charge in [-0.25, -0.2) is 0 Å². The fourth-order valence-electron chi connectivity index (χ4n) is 1.17. The van der Waals surface area contributed by atoms with Crippen LogP contribution in [0.3, 0.4) is 0 Å². The number of ketones is 1. The van der Waals surface area contributed by atoms with Gasteiger partial charge in [-0.15, -0.1) is 11.6 Å². The summed E-state index contributed by atoms with van der Waals surface area (Å²) in [5.41, 5.74) is 1.47. The number of benzene rings is 1. The molecule has 14 heavy (non-hydrogen) atoms. The van der Waals surface area contributed by atoms with Crippen molar-refractivity contribution < 1.29 is 4.79 Å². The minimum Gasteiger partial charge on any atom is -0.294 e. The Morgan fingerprint density at radius 3 is 2.71 bits per heavy atom. The molecule has 0 aromatic heterocycles. The average molecular weight is 296 g/mol. The summed E-state index contributed by atoms with van der Waals surface area (Å²) in [6.07, 6.45) is 0.478. The maximum atomic E-state index is 11.6. The van der Waals surface area contributed by atoms with Gasteiger partial charge < -0.3 is 0 Å². The van der Waals surface area contributed by atoms with Gasteiger partial charge >= 0.3 is 0 Å². The Labute approximate surface area is 102 Å². The molecule has 0 saturated carbocycles. The van der Waals surface area contributed by atoms with Crippen LogP contribution in [0.4, 0.5) is 0 Å². The third-order valence-electron chi connectivity index (χ3n) is 1.83. The molecule has 1 aromatic rings. The molecule has 0 amide bonds. The van der Waals surface area contributed by atoms with E-state index in [-0.39, 0.29) is 5.78 Å². The lowest BCUT2D eigenvalue weighted by Crippen LogP contribution is -2.03. The molecule has 0 N–H and O–H groups in total. The predicted octanol–water partition coefficient (Wildman–Crippen LogP) is 4.05. The van der Waals surface area contributed by atoms with Gasteiger partial charge in [-0.3, -0.25) is 4.79 Å². The lowest BCUT2D eigenvalue weighted by atomic mass is 10.0. The van der Waals surface area contributed by atoms with Gasteiger partial charge in [0.25, 0.3) is 0 Å². The molecule has 1 rings (SSSR count). The second kappa shape index (κ2) is 5.74. The molecule has 0 atom stereocenters. The van der Waals surface area contributed by atoms with Gasteiger partial charge in [0.15, 0.2) is 5.78 Å². The minimum atomic E-state index is 0.0918. The maximum absolute atomic E-state index is 11.6. The summed E-state index contributed by atoms with van der Waals surface area (Å²) in [4.78, 5) is 11.6. The molecule has 4 heteroatoms. The van der Waals surface area contributed by atoms with E-state index < -0.39 is 0 Å². The maximum Gasteiger partial charge on any atom is 0.164 e. The van der Waals surface area contributed by atoms with Crippen molar-refractivity contribution in [3.8, 4) is 0 Å². The number of carbonyl (C=O) groups is 1. The molecule has 0 unspecified atom stereocenters. The molecule has 0 aliphatic rings. The van der Waals surface area contributed by atoms with Crippen LogP contribution in [0.15, 0.2) is 18.2 Å². The Balaban J connectivity index is 3.01. The van der Waals surface area contributed by atoms with Crippen molar-refractivity contribution in [2.75, 3.05) is 5.33 Å². The predicted molar refractivity (Wildman–Crippen MR) is 63.8 cm³/mol. The fraction of sp³-hybridized carbons (Fsp3) is 0.300. The van der Waals surface area contributed by atoms with Crippen LogP contribution in [0.25, 0.3) is 0 Å². The quantitative estimate of drug-likeness (QED) is 0.605. The lowest BCUT2D eigenvalue weighted by molar-refractivity contribution is 0.0989. The molecule has 1 nitrogen and oxygen atoms in total. The molecule has 0 aliphatic carbocycles. The van der Waals surface area contributed by atoms with Gasteiger partial charge in [-0.2, -0.15) is 0 Å². The summed E-state index contributed by atoms with van der Waals surface area (Å²) in [5, 5.41) is 1.27. The van der Waals surface area contributed by atoms with Gasteiger partial charge in [0.2, 0.25) is 0 Å². The summed E-state index contributed by atoms with van der Waals surface area (Å²) in [6.45, 7) is 0. The summed E-state index contributed by atoms with van der Waals surface area (Å²) in [5.74, 6) is 0.401. The standard InChI is InChI=1S/C10H9BrCl2O/c11-4-3-10(14)9-2-1-8(13)5-7(9)6-12/h1-2,5H,3-4,6H2. The Kier molecular flexibility index (Phi) is 4.93. The molecular weight excluding hydrogens is 287 g/mol. The smallest absolute Gasteiger partial charge is 0.164 e. The van der Waals surface area contributed by atoms with Crippen LogP contribution in [-0.2, 0) is 5.88 Å². The summed E-state index contributed by atoms with van der Waals surface area (Å²) in [7, 11) is 0. The highest BCUT2D eigenvalue weighted by molar-refractivity contribution is 9.09. The summed E-state index contributed by atoms with van der Waals surface area (Å²) in [6, 6.07) is 5.17. The molecule has 0 heterocycles. The highest BCUT2D eigenvalue weighted by Crippen LogP contribution is 2.19. The van der Waals surface area contributed by atoms with E-state index in [0.29, 0.717) is 28.2 Å². The number of Topliss-reactive ketones (excluding diaryl/α,β-unsaturated/α-hetero) is 1. The second-order valence-corrected chi connectivity index (χ2v) is 4.29. The number of alkyl halides is 2. The Hall–Kier alpha value is -0.0500. The first-order chi connectivity index (χ1) is 6.69. The van der Waals surface area contributed by atoms with E-state index in [4.69, 9.17) is 23.2 Å². The van der Waals surface area contributed by atoms with Crippen LogP contribution < -0.4 is 0 Å². The second-order valence-electron chi connectivity index (χ2n) is 2.80. The zero-order valence-corrected chi connectivity index (χ0v) is 10.5. The van der Waals surface area contributed by atoms with Gasteiger partial charge in [-0.05, 0) is 23.8 Å². The number of halogens is 3. The third kappa shape index (κ3) is 2.97. The number of hydrogen-bond donors (Lipinski definition) is 0. The molecule has 0 radical (unpaired) electrons. The highest BCUT2D eigenvalue weighted by Gasteiger charge is 2.10. The number of hydrogen-bond acceptors (Lipinski definition) is 1. The number of rotatable bonds is 4. The largest absolute Gasteiger partial charge is 0.294 e. The molecule has 0 bridgehead atoms. The van der Waals surface area contributed by atoms with Crippen LogP contribution in [0.2, 0.25) is 5.02 Å². The van der Waals surface area contributed by atoms with Gasteiger partial charge in [0, 0.05) is 28.2 Å². The Morgan fingerprint density at radius 1 is 1.43 bits per heavy atom. The molecule has 0 saturated heterocycles. The van der Waals surface area contributed by atoms with E-state index >= 15 is 0 Å². The van der Waals surface area contributed by atoms with Crippen molar-refractivity contribution in [2.24, 2.45) is 0 Å². The minimum absolute atomic E-state index is 0.0918. The van der Waals surface area contributed by atoms with Crippen LogP contribution in [0, 0.1) is 0 Å². The molecule has 0 spiro atoms. The van der Waals surface area contributed by atoms with E-state index in [1.165, 1.54) is 0 Å². The molecule has 1 aromatic carbocycles. The van der Waals surface area contributed by atoms with E-state index in [9.17, 15) is 4.79 Å². The fourth-order valence-corrected chi connectivity index (χ4v) is 1.94. The van der Waals surface area contributed by atoms with Crippen LogP contribution in [0.5, 0.6) is 0 Å². The van der Waals surface area contributed by atoms with Crippen molar-refractivity contribution in [1.82, 2.24) is 0 Å². The molecule has 0 fully saturated rings.